The van der Waals surface area contributed by atoms with Crippen molar-refractivity contribution in [2.75, 3.05) is 38.2 Å². The number of benzene rings is 2. The van der Waals surface area contributed by atoms with Gasteiger partial charge in [-0.2, -0.15) is 0 Å². The summed E-state index contributed by atoms with van der Waals surface area (Å²) in [6.45, 7) is 10.3. The van der Waals surface area contributed by atoms with Crippen LogP contribution in [0.3, 0.4) is 0 Å². The van der Waals surface area contributed by atoms with E-state index in [1.165, 1.54) is 20.9 Å². The van der Waals surface area contributed by atoms with Gasteiger partial charge in [-0.15, -0.1) is 23.2 Å². The lowest BCUT2D eigenvalue weighted by Gasteiger charge is -2.35. The number of alkyl halides is 2. The third kappa shape index (κ3) is 6.79. The molecule has 0 saturated heterocycles. The second-order valence-corrected chi connectivity index (χ2v) is 10.6. The Balaban J connectivity index is 1.98. The molecular weight excluding hydrogens is 515 g/mol. The van der Waals surface area contributed by atoms with Crippen LogP contribution in [0.15, 0.2) is 46.2 Å². The molecule has 0 unspecified atom stereocenters. The standard InChI is InChI=1S/C29H40Cl2O4S/c1-5-32-28(33-6-2,15-9-17-30)24-11-13-26-22(20-24)19-23-21-25(12-14-27(23)36-26)29(34-7-3,35-8-4)16-10-18-31/h11-14,20-21H,5-10,15-19H2,1-4H3. The van der Waals surface area contributed by atoms with E-state index in [0.29, 0.717) is 38.2 Å². The van der Waals surface area contributed by atoms with E-state index in [1.54, 1.807) is 11.8 Å². The van der Waals surface area contributed by atoms with E-state index in [-0.39, 0.29) is 0 Å². The fourth-order valence-corrected chi connectivity index (χ4v) is 6.26. The van der Waals surface area contributed by atoms with Crippen molar-refractivity contribution in [1.29, 1.82) is 0 Å². The summed E-state index contributed by atoms with van der Waals surface area (Å²) in [6.07, 6.45) is 3.90. The van der Waals surface area contributed by atoms with E-state index < -0.39 is 11.6 Å². The Morgan fingerprint density at radius 3 is 1.39 bits per heavy atom. The fourth-order valence-electron chi connectivity index (χ4n) is 4.96. The zero-order chi connectivity index (χ0) is 26.0. The maximum absolute atomic E-state index is 6.24. The minimum Gasteiger partial charge on any atom is -0.346 e. The minimum atomic E-state index is -0.777. The Labute approximate surface area is 231 Å². The van der Waals surface area contributed by atoms with Gasteiger partial charge >= 0.3 is 0 Å². The predicted octanol–water partition coefficient (Wildman–Crippen LogP) is 8.23. The van der Waals surface area contributed by atoms with Gasteiger partial charge in [0, 0.05) is 71.9 Å². The molecule has 7 heteroatoms. The first-order valence-electron chi connectivity index (χ1n) is 13.1. The molecule has 0 bridgehead atoms. The van der Waals surface area contributed by atoms with Crippen molar-refractivity contribution in [3.8, 4) is 0 Å². The van der Waals surface area contributed by atoms with Gasteiger partial charge in [0.1, 0.15) is 0 Å². The summed E-state index contributed by atoms with van der Waals surface area (Å²) in [6, 6.07) is 13.2. The molecule has 4 nitrogen and oxygen atoms in total. The number of rotatable bonds is 16. The van der Waals surface area contributed by atoms with Crippen molar-refractivity contribution in [1.82, 2.24) is 0 Å². The minimum absolute atomic E-state index is 0.569. The Hall–Kier alpha value is -0.790. The highest BCUT2D eigenvalue weighted by atomic mass is 35.5. The van der Waals surface area contributed by atoms with Crippen LogP contribution < -0.4 is 0 Å². The van der Waals surface area contributed by atoms with Gasteiger partial charge in [0.25, 0.3) is 0 Å². The monoisotopic (exact) mass is 554 g/mol. The van der Waals surface area contributed by atoms with E-state index in [1.807, 2.05) is 27.7 Å². The Morgan fingerprint density at radius 2 is 1.06 bits per heavy atom. The lowest BCUT2D eigenvalue weighted by atomic mass is 9.93. The molecule has 2 aromatic rings. The van der Waals surface area contributed by atoms with Crippen molar-refractivity contribution in [3.05, 3.63) is 58.7 Å². The van der Waals surface area contributed by atoms with E-state index in [4.69, 9.17) is 42.1 Å². The van der Waals surface area contributed by atoms with Gasteiger partial charge in [-0.3, -0.25) is 0 Å². The summed E-state index contributed by atoms with van der Waals surface area (Å²) in [5, 5.41) is 0. The largest absolute Gasteiger partial charge is 0.346 e. The topological polar surface area (TPSA) is 36.9 Å². The normalized spacial score (nSPS) is 13.5. The van der Waals surface area contributed by atoms with Crippen molar-refractivity contribution < 1.29 is 18.9 Å². The van der Waals surface area contributed by atoms with Crippen LogP contribution >= 0.6 is 35.0 Å². The first kappa shape index (κ1) is 29.8. The van der Waals surface area contributed by atoms with E-state index in [9.17, 15) is 0 Å². The summed E-state index contributed by atoms with van der Waals surface area (Å²) >= 11 is 13.9. The van der Waals surface area contributed by atoms with Gasteiger partial charge in [-0.05, 0) is 82.3 Å². The summed E-state index contributed by atoms with van der Waals surface area (Å²) < 4.78 is 25.0. The molecule has 0 amide bonds. The third-order valence-electron chi connectivity index (χ3n) is 6.39. The van der Waals surface area contributed by atoms with Gasteiger partial charge in [-0.25, -0.2) is 0 Å². The summed E-state index contributed by atoms with van der Waals surface area (Å²) in [7, 11) is 0. The van der Waals surface area contributed by atoms with Crippen LogP contribution in [0.5, 0.6) is 0 Å². The van der Waals surface area contributed by atoms with Crippen LogP contribution in [0.1, 0.15) is 75.6 Å². The smallest absolute Gasteiger partial charge is 0.194 e. The molecule has 0 aromatic heterocycles. The van der Waals surface area contributed by atoms with Crippen LogP contribution in [0.2, 0.25) is 0 Å². The van der Waals surface area contributed by atoms with Crippen LogP contribution in [0.25, 0.3) is 0 Å². The van der Waals surface area contributed by atoms with Crippen LogP contribution in [0.4, 0.5) is 0 Å². The summed E-state index contributed by atoms with van der Waals surface area (Å²) in [5.74, 6) is -0.407. The maximum atomic E-state index is 6.24. The number of hydrogen-bond donors (Lipinski definition) is 0. The first-order valence-corrected chi connectivity index (χ1v) is 15.0. The summed E-state index contributed by atoms with van der Waals surface area (Å²) in [4.78, 5) is 2.53. The van der Waals surface area contributed by atoms with E-state index in [0.717, 1.165) is 43.2 Å². The molecule has 0 radical (unpaired) electrons. The molecule has 1 aliphatic rings. The van der Waals surface area contributed by atoms with Crippen molar-refractivity contribution in [3.63, 3.8) is 0 Å². The Morgan fingerprint density at radius 1 is 0.667 bits per heavy atom. The van der Waals surface area contributed by atoms with Crippen LogP contribution in [-0.2, 0) is 36.9 Å². The lowest BCUT2D eigenvalue weighted by Crippen LogP contribution is -2.34. The molecule has 0 N–H and O–H groups in total. The second kappa shape index (κ2) is 14.4. The quantitative estimate of drug-likeness (QED) is 0.131. The Bertz CT molecular complexity index is 881. The molecular formula is C29H40Cl2O4S. The SMILES string of the molecule is CCOC(CCCCl)(OCC)c1ccc2c(c1)Cc1cc(C(CCCCl)(OCC)OCC)ccc1S2. The average Bonchev–Trinajstić information content (AvgIpc) is 2.89. The van der Waals surface area contributed by atoms with Gasteiger partial charge < -0.3 is 18.9 Å². The molecule has 0 saturated carbocycles. The van der Waals surface area contributed by atoms with Crippen LogP contribution in [-0.4, -0.2) is 38.2 Å². The number of fused-ring (bicyclic) bond motifs is 2. The molecule has 0 aliphatic carbocycles. The summed E-state index contributed by atoms with van der Waals surface area (Å²) in [5.41, 5.74) is 4.65. The second-order valence-electron chi connectivity index (χ2n) is 8.75. The molecule has 3 rings (SSSR count). The van der Waals surface area contributed by atoms with Gasteiger partial charge in [0.15, 0.2) is 11.6 Å². The van der Waals surface area contributed by atoms with Gasteiger partial charge in [0.2, 0.25) is 0 Å². The predicted molar refractivity (Wildman–Crippen MR) is 150 cm³/mol. The molecule has 0 fully saturated rings. The van der Waals surface area contributed by atoms with Crippen molar-refractivity contribution in [2.24, 2.45) is 0 Å². The highest BCUT2D eigenvalue weighted by Crippen LogP contribution is 2.44. The van der Waals surface area contributed by atoms with Gasteiger partial charge in [-0.1, -0.05) is 23.9 Å². The number of ether oxygens (including phenoxy) is 4. The molecule has 2 aromatic carbocycles. The first-order chi connectivity index (χ1) is 17.5. The van der Waals surface area contributed by atoms with Gasteiger partial charge in [0.05, 0.1) is 0 Å². The zero-order valence-corrected chi connectivity index (χ0v) is 24.4. The maximum Gasteiger partial charge on any atom is 0.194 e. The molecule has 0 spiro atoms. The lowest BCUT2D eigenvalue weighted by molar-refractivity contribution is -0.247. The number of halogens is 2. The Kier molecular flexibility index (Phi) is 11.9. The van der Waals surface area contributed by atoms with E-state index in [2.05, 4.69) is 36.4 Å². The molecule has 1 aliphatic heterocycles. The van der Waals surface area contributed by atoms with Crippen molar-refractivity contribution >= 4 is 35.0 Å². The fraction of sp³-hybridized carbons (Fsp3) is 0.586. The zero-order valence-electron chi connectivity index (χ0n) is 22.0. The molecule has 0 atom stereocenters. The average molecular weight is 556 g/mol. The third-order valence-corrected chi connectivity index (χ3v) is 8.16. The number of hydrogen-bond acceptors (Lipinski definition) is 5. The van der Waals surface area contributed by atoms with Crippen LogP contribution in [0, 0.1) is 0 Å². The van der Waals surface area contributed by atoms with Crippen molar-refractivity contribution in [2.45, 2.75) is 81.2 Å². The molecule has 1 heterocycles. The highest BCUT2D eigenvalue weighted by Gasteiger charge is 2.36. The highest BCUT2D eigenvalue weighted by molar-refractivity contribution is 7.99. The van der Waals surface area contributed by atoms with E-state index >= 15 is 0 Å². The molecule has 36 heavy (non-hydrogen) atoms. The molecule has 200 valence electrons.